The number of nitrogens with zero attached hydrogens (tertiary/aromatic N) is 3. The lowest BCUT2D eigenvalue weighted by Gasteiger charge is -2.28. The zero-order valence-electron chi connectivity index (χ0n) is 22.1. The van der Waals surface area contributed by atoms with E-state index in [1.807, 2.05) is 41.3 Å². The van der Waals surface area contributed by atoms with Gasteiger partial charge in [-0.3, -0.25) is 9.69 Å². The van der Waals surface area contributed by atoms with Crippen molar-refractivity contribution in [2.24, 2.45) is 0 Å². The molecular weight excluding hydrogens is 501 g/mol. The van der Waals surface area contributed by atoms with Crippen molar-refractivity contribution in [1.29, 1.82) is 0 Å². The molecule has 0 fully saturated rings. The summed E-state index contributed by atoms with van der Waals surface area (Å²) in [7, 11) is -3.75. The van der Waals surface area contributed by atoms with Crippen LogP contribution in [0, 0.1) is 5.82 Å². The number of benzene rings is 3. The third kappa shape index (κ3) is 6.67. The van der Waals surface area contributed by atoms with Crippen LogP contribution in [0.4, 0.5) is 10.1 Å². The van der Waals surface area contributed by atoms with E-state index in [-0.39, 0.29) is 29.7 Å². The predicted octanol–water partition coefficient (Wildman–Crippen LogP) is 5.23. The first-order valence-corrected chi connectivity index (χ1v) is 14.6. The highest BCUT2D eigenvalue weighted by Gasteiger charge is 2.27. The smallest absolute Gasteiger partial charge is 0.243 e. The van der Waals surface area contributed by atoms with Crippen LogP contribution in [0.25, 0.3) is 0 Å². The van der Waals surface area contributed by atoms with Crippen LogP contribution in [-0.4, -0.2) is 49.7 Å². The number of sulfonamides is 1. The molecule has 0 bridgehead atoms. The maximum absolute atomic E-state index is 14.6. The highest BCUT2D eigenvalue weighted by atomic mass is 32.2. The fraction of sp³-hybridized carbons (Fsp3) is 0.367. The fourth-order valence-electron chi connectivity index (χ4n) is 4.95. The molecule has 1 heterocycles. The van der Waals surface area contributed by atoms with E-state index in [2.05, 4.69) is 6.92 Å². The average molecular weight is 538 g/mol. The number of hydrogen-bond donors (Lipinski definition) is 0. The molecule has 4 rings (SSSR count). The number of aryl methyl sites for hydroxylation is 1. The molecule has 1 amide bonds. The zero-order chi connectivity index (χ0) is 27.1. The van der Waals surface area contributed by atoms with Gasteiger partial charge in [0.05, 0.1) is 4.90 Å². The summed E-state index contributed by atoms with van der Waals surface area (Å²) < 4.78 is 43.5. The van der Waals surface area contributed by atoms with Crippen molar-refractivity contribution in [2.45, 2.75) is 51.1 Å². The van der Waals surface area contributed by atoms with Gasteiger partial charge >= 0.3 is 0 Å². The Kier molecular flexibility index (Phi) is 9.31. The Labute approximate surface area is 225 Å². The quantitative estimate of drug-likeness (QED) is 0.432. The van der Waals surface area contributed by atoms with E-state index in [0.717, 1.165) is 29.7 Å². The van der Waals surface area contributed by atoms with E-state index in [1.165, 1.54) is 17.3 Å². The highest BCUT2D eigenvalue weighted by molar-refractivity contribution is 7.89. The molecule has 0 radical (unpaired) electrons. The van der Waals surface area contributed by atoms with Crippen LogP contribution in [0.3, 0.4) is 0 Å². The number of carbonyl (C=O) groups is 1. The second-order valence-corrected chi connectivity index (χ2v) is 11.7. The van der Waals surface area contributed by atoms with Gasteiger partial charge < -0.3 is 4.90 Å². The first-order chi connectivity index (χ1) is 18.3. The Balaban J connectivity index is 1.67. The summed E-state index contributed by atoms with van der Waals surface area (Å²) in [5.41, 5.74) is 3.40. The van der Waals surface area contributed by atoms with Gasteiger partial charge in [0, 0.05) is 57.4 Å². The summed E-state index contributed by atoms with van der Waals surface area (Å²) in [5.74, 6) is -0.393. The van der Waals surface area contributed by atoms with Crippen LogP contribution < -0.4 is 4.90 Å². The molecule has 38 heavy (non-hydrogen) atoms. The third-order valence-corrected chi connectivity index (χ3v) is 8.88. The molecule has 0 saturated heterocycles. The topological polar surface area (TPSA) is 60.9 Å². The van der Waals surface area contributed by atoms with E-state index in [1.54, 1.807) is 35.2 Å². The van der Waals surface area contributed by atoms with Crippen molar-refractivity contribution >= 4 is 21.6 Å². The van der Waals surface area contributed by atoms with Gasteiger partial charge in [-0.2, -0.15) is 4.31 Å². The van der Waals surface area contributed by atoms with Crippen molar-refractivity contribution in [3.05, 3.63) is 95.3 Å². The molecule has 0 spiro atoms. The largest absolute Gasteiger partial charge is 0.312 e. The average Bonchev–Trinajstić information content (AvgIpc) is 2.93. The maximum atomic E-state index is 14.6. The standard InChI is InChI=1S/C30H36FN3O3S/c1-3-9-25-14-16-28(17-15-25)38(36,37)33-18-8-19-34(24(2)35)30-13-7-5-11-27(30)23-32(20-21-33)22-26-10-4-6-12-29(26)31/h4-7,10-17H,3,8-9,18-23H2,1-2H3. The van der Waals surface area contributed by atoms with Crippen molar-refractivity contribution < 1.29 is 17.6 Å². The van der Waals surface area contributed by atoms with Gasteiger partial charge in [0.1, 0.15) is 5.82 Å². The van der Waals surface area contributed by atoms with Gasteiger partial charge in [0.2, 0.25) is 15.9 Å². The monoisotopic (exact) mass is 537 g/mol. The van der Waals surface area contributed by atoms with E-state index < -0.39 is 10.0 Å². The molecule has 0 aromatic heterocycles. The normalized spacial score (nSPS) is 16.0. The Morgan fingerprint density at radius 3 is 2.32 bits per heavy atom. The number of amides is 1. The molecule has 0 atom stereocenters. The van der Waals surface area contributed by atoms with E-state index >= 15 is 0 Å². The molecule has 8 heteroatoms. The molecule has 6 nitrogen and oxygen atoms in total. The minimum absolute atomic E-state index is 0.0988. The summed E-state index contributed by atoms with van der Waals surface area (Å²) in [6.45, 7) is 5.74. The maximum Gasteiger partial charge on any atom is 0.243 e. The second-order valence-electron chi connectivity index (χ2n) is 9.75. The lowest BCUT2D eigenvalue weighted by atomic mass is 10.1. The molecule has 3 aromatic rings. The minimum Gasteiger partial charge on any atom is -0.312 e. The summed E-state index contributed by atoms with van der Waals surface area (Å²) in [6.07, 6.45) is 2.38. The molecule has 3 aromatic carbocycles. The van der Waals surface area contributed by atoms with Crippen LogP contribution in [0.15, 0.2) is 77.7 Å². The van der Waals surface area contributed by atoms with Crippen molar-refractivity contribution in [2.75, 3.05) is 31.1 Å². The molecule has 1 aliphatic rings. The van der Waals surface area contributed by atoms with Gasteiger partial charge in [-0.1, -0.05) is 61.9 Å². The summed E-state index contributed by atoms with van der Waals surface area (Å²) in [6, 6.07) is 21.5. The number of halogens is 1. The summed E-state index contributed by atoms with van der Waals surface area (Å²) >= 11 is 0. The van der Waals surface area contributed by atoms with Crippen LogP contribution >= 0.6 is 0 Å². The van der Waals surface area contributed by atoms with E-state index in [0.29, 0.717) is 38.2 Å². The first-order valence-electron chi connectivity index (χ1n) is 13.2. The molecular formula is C30H36FN3O3S. The number of fused-ring (bicyclic) bond motifs is 1. The molecule has 0 saturated carbocycles. The zero-order valence-corrected chi connectivity index (χ0v) is 23.0. The van der Waals surface area contributed by atoms with Gasteiger partial charge in [-0.25, -0.2) is 12.8 Å². The fourth-order valence-corrected chi connectivity index (χ4v) is 6.42. The van der Waals surface area contributed by atoms with Crippen molar-refractivity contribution in [3.8, 4) is 0 Å². The molecule has 0 aliphatic carbocycles. The number of carbonyl (C=O) groups excluding carboxylic acids is 1. The van der Waals surface area contributed by atoms with Crippen LogP contribution in [-0.2, 0) is 34.3 Å². The number of rotatable bonds is 6. The third-order valence-electron chi connectivity index (χ3n) is 6.96. The van der Waals surface area contributed by atoms with Gasteiger partial charge in [0.25, 0.3) is 0 Å². The molecule has 0 unspecified atom stereocenters. The van der Waals surface area contributed by atoms with E-state index in [4.69, 9.17) is 0 Å². The molecule has 0 N–H and O–H groups in total. The van der Waals surface area contributed by atoms with Crippen molar-refractivity contribution in [3.63, 3.8) is 0 Å². The summed E-state index contributed by atoms with van der Waals surface area (Å²) in [5, 5.41) is 0. The van der Waals surface area contributed by atoms with Gasteiger partial charge in [-0.15, -0.1) is 0 Å². The van der Waals surface area contributed by atoms with Crippen LogP contribution in [0.5, 0.6) is 0 Å². The highest BCUT2D eigenvalue weighted by Crippen LogP contribution is 2.26. The van der Waals surface area contributed by atoms with Crippen LogP contribution in [0.2, 0.25) is 0 Å². The number of anilines is 1. The lowest BCUT2D eigenvalue weighted by Crippen LogP contribution is -2.39. The SMILES string of the molecule is CCCc1ccc(S(=O)(=O)N2CCCN(C(C)=O)c3ccccc3CN(Cc3ccccc3F)CC2)cc1. The number of para-hydroxylation sites is 1. The van der Waals surface area contributed by atoms with Gasteiger partial charge in [-0.05, 0) is 48.2 Å². The minimum atomic E-state index is -3.75. The van der Waals surface area contributed by atoms with Gasteiger partial charge in [0.15, 0.2) is 0 Å². The molecule has 1 aliphatic heterocycles. The van der Waals surface area contributed by atoms with E-state index in [9.17, 15) is 17.6 Å². The Hall–Kier alpha value is -3.07. The van der Waals surface area contributed by atoms with Crippen molar-refractivity contribution in [1.82, 2.24) is 9.21 Å². The number of hydrogen-bond acceptors (Lipinski definition) is 4. The summed E-state index contributed by atoms with van der Waals surface area (Å²) in [4.78, 5) is 16.7. The lowest BCUT2D eigenvalue weighted by molar-refractivity contribution is -0.116. The Morgan fingerprint density at radius 1 is 0.895 bits per heavy atom. The first kappa shape index (κ1) is 28.0. The molecule has 202 valence electrons. The van der Waals surface area contributed by atoms with Crippen LogP contribution in [0.1, 0.15) is 43.4 Å². The predicted molar refractivity (Wildman–Crippen MR) is 149 cm³/mol. The Bertz CT molecular complexity index is 1340. The Morgan fingerprint density at radius 2 is 1.61 bits per heavy atom. The second kappa shape index (κ2) is 12.7.